The van der Waals surface area contributed by atoms with Crippen LogP contribution in [-0.4, -0.2) is 31.8 Å². The highest BCUT2D eigenvalue weighted by Gasteiger charge is 2.18. The number of hydrogen-bond acceptors (Lipinski definition) is 4. The van der Waals surface area contributed by atoms with Gasteiger partial charge in [0.2, 0.25) is 0 Å². The third kappa shape index (κ3) is 3.38. The molecule has 1 rings (SSSR count). The van der Waals surface area contributed by atoms with Gasteiger partial charge in [0.25, 0.3) is 0 Å². The third-order valence-corrected chi connectivity index (χ3v) is 1.98. The Kier molecular flexibility index (Phi) is 3.95. The van der Waals surface area contributed by atoms with Crippen molar-refractivity contribution in [3.8, 4) is 0 Å². The molecule has 1 aliphatic rings. The predicted molar refractivity (Wildman–Crippen MR) is 52.7 cm³/mol. The zero-order valence-corrected chi connectivity index (χ0v) is 8.87. The standard InChI is InChI=1S/C10H17NO3/c1-7(2)14-10(12)5-8-4-9(13-3)6-11-8/h5,7,9,11H,4,6H2,1-3H3/b8-5-. The molecule has 14 heavy (non-hydrogen) atoms. The minimum Gasteiger partial charge on any atom is -0.460 e. The Morgan fingerprint density at radius 1 is 1.64 bits per heavy atom. The molecule has 1 heterocycles. The van der Waals surface area contributed by atoms with Crippen LogP contribution in [0, 0.1) is 0 Å². The number of hydrogen-bond donors (Lipinski definition) is 1. The highest BCUT2D eigenvalue weighted by molar-refractivity contribution is 5.82. The Hall–Kier alpha value is -1.03. The fourth-order valence-corrected chi connectivity index (χ4v) is 1.32. The van der Waals surface area contributed by atoms with E-state index in [1.54, 1.807) is 7.11 Å². The molecule has 0 aromatic rings. The van der Waals surface area contributed by atoms with Crippen LogP contribution in [0.4, 0.5) is 0 Å². The first kappa shape index (κ1) is 11.0. The van der Waals surface area contributed by atoms with E-state index >= 15 is 0 Å². The Balaban J connectivity index is 2.41. The van der Waals surface area contributed by atoms with Crippen LogP contribution in [0.25, 0.3) is 0 Å². The number of rotatable bonds is 3. The first-order valence-corrected chi connectivity index (χ1v) is 4.79. The highest BCUT2D eigenvalue weighted by Crippen LogP contribution is 2.12. The van der Waals surface area contributed by atoms with Crippen molar-refractivity contribution in [3.63, 3.8) is 0 Å². The Morgan fingerprint density at radius 2 is 2.36 bits per heavy atom. The molecule has 0 bridgehead atoms. The fraction of sp³-hybridized carbons (Fsp3) is 0.700. The fourth-order valence-electron chi connectivity index (χ4n) is 1.32. The summed E-state index contributed by atoms with van der Waals surface area (Å²) in [5.74, 6) is -0.292. The van der Waals surface area contributed by atoms with Crippen molar-refractivity contribution in [1.29, 1.82) is 0 Å². The molecule has 0 aromatic heterocycles. The molecule has 80 valence electrons. The second-order valence-corrected chi connectivity index (χ2v) is 3.60. The van der Waals surface area contributed by atoms with Gasteiger partial charge < -0.3 is 14.8 Å². The maximum atomic E-state index is 11.2. The van der Waals surface area contributed by atoms with Crippen LogP contribution in [0.1, 0.15) is 20.3 Å². The Bertz CT molecular complexity index is 236. The number of ether oxygens (including phenoxy) is 2. The van der Waals surface area contributed by atoms with E-state index in [-0.39, 0.29) is 18.2 Å². The van der Waals surface area contributed by atoms with Crippen molar-refractivity contribution in [2.75, 3.05) is 13.7 Å². The normalized spacial score (nSPS) is 24.0. The van der Waals surface area contributed by atoms with Crippen molar-refractivity contribution in [1.82, 2.24) is 5.32 Å². The molecule has 0 spiro atoms. The topological polar surface area (TPSA) is 47.6 Å². The van der Waals surface area contributed by atoms with E-state index in [4.69, 9.17) is 9.47 Å². The lowest BCUT2D eigenvalue weighted by molar-refractivity contribution is -0.141. The summed E-state index contributed by atoms with van der Waals surface area (Å²) in [6.45, 7) is 4.42. The molecule has 4 heteroatoms. The minimum atomic E-state index is -0.292. The molecular weight excluding hydrogens is 182 g/mol. The van der Waals surface area contributed by atoms with Crippen molar-refractivity contribution in [3.05, 3.63) is 11.8 Å². The zero-order chi connectivity index (χ0) is 10.6. The highest BCUT2D eigenvalue weighted by atomic mass is 16.5. The van der Waals surface area contributed by atoms with Crippen LogP contribution in [0.2, 0.25) is 0 Å². The maximum absolute atomic E-state index is 11.2. The van der Waals surface area contributed by atoms with Crippen molar-refractivity contribution in [2.24, 2.45) is 0 Å². The summed E-state index contributed by atoms with van der Waals surface area (Å²) in [6.07, 6.45) is 2.36. The summed E-state index contributed by atoms with van der Waals surface area (Å²) >= 11 is 0. The Labute approximate surface area is 84.3 Å². The Morgan fingerprint density at radius 3 is 2.86 bits per heavy atom. The van der Waals surface area contributed by atoms with Gasteiger partial charge in [-0.3, -0.25) is 0 Å². The SMILES string of the molecule is COC1CN/C(=C\C(=O)OC(C)C)C1. The second kappa shape index (κ2) is 5.00. The molecular formula is C10H17NO3. The molecule has 0 aliphatic carbocycles. The average molecular weight is 199 g/mol. The van der Waals surface area contributed by atoms with E-state index in [2.05, 4.69) is 5.32 Å². The quantitative estimate of drug-likeness (QED) is 0.540. The second-order valence-electron chi connectivity index (χ2n) is 3.60. The molecule has 0 aromatic carbocycles. The number of nitrogens with one attached hydrogen (secondary N) is 1. The maximum Gasteiger partial charge on any atom is 0.332 e. The van der Waals surface area contributed by atoms with Crippen LogP contribution in [0.3, 0.4) is 0 Å². The molecule has 0 amide bonds. The first-order chi connectivity index (χ1) is 6.61. The minimum absolute atomic E-state index is 0.0704. The average Bonchev–Trinajstić information content (AvgIpc) is 2.50. The van der Waals surface area contributed by atoms with Crippen molar-refractivity contribution in [2.45, 2.75) is 32.5 Å². The van der Waals surface area contributed by atoms with Gasteiger partial charge in [0.05, 0.1) is 12.2 Å². The van der Waals surface area contributed by atoms with Crippen molar-refractivity contribution < 1.29 is 14.3 Å². The van der Waals surface area contributed by atoms with Crippen LogP contribution >= 0.6 is 0 Å². The van der Waals surface area contributed by atoms with E-state index in [1.807, 2.05) is 13.8 Å². The molecule has 1 saturated heterocycles. The first-order valence-electron chi connectivity index (χ1n) is 4.79. The largest absolute Gasteiger partial charge is 0.460 e. The van der Waals surface area contributed by atoms with Crippen molar-refractivity contribution >= 4 is 5.97 Å². The van der Waals surface area contributed by atoms with E-state index < -0.39 is 0 Å². The van der Waals surface area contributed by atoms with Crippen LogP contribution < -0.4 is 5.32 Å². The van der Waals surface area contributed by atoms with Gasteiger partial charge >= 0.3 is 5.97 Å². The lowest BCUT2D eigenvalue weighted by Crippen LogP contribution is -2.14. The predicted octanol–water partition coefficient (Wildman–Crippen LogP) is 0.830. The monoisotopic (exact) mass is 199 g/mol. The van der Waals surface area contributed by atoms with Gasteiger partial charge in [0.15, 0.2) is 0 Å². The van der Waals surface area contributed by atoms with Gasteiger partial charge in [0, 0.05) is 31.8 Å². The molecule has 1 unspecified atom stereocenters. The molecule has 1 fully saturated rings. The lowest BCUT2D eigenvalue weighted by atomic mass is 10.2. The smallest absolute Gasteiger partial charge is 0.332 e. The van der Waals surface area contributed by atoms with E-state index in [0.717, 1.165) is 18.7 Å². The van der Waals surface area contributed by atoms with Gasteiger partial charge in [-0.05, 0) is 13.8 Å². The number of methoxy groups -OCH3 is 1. The third-order valence-electron chi connectivity index (χ3n) is 1.98. The zero-order valence-electron chi connectivity index (χ0n) is 8.87. The summed E-state index contributed by atoms with van der Waals surface area (Å²) in [5.41, 5.74) is 0.891. The summed E-state index contributed by atoms with van der Waals surface area (Å²) in [6, 6.07) is 0. The lowest BCUT2D eigenvalue weighted by Gasteiger charge is -2.05. The number of carbonyl (C=O) groups is 1. The molecule has 1 atom stereocenters. The summed E-state index contributed by atoms with van der Waals surface area (Å²) in [4.78, 5) is 11.2. The van der Waals surface area contributed by atoms with Gasteiger partial charge in [-0.2, -0.15) is 0 Å². The molecule has 0 radical (unpaired) electrons. The van der Waals surface area contributed by atoms with E-state index in [0.29, 0.717) is 0 Å². The van der Waals surface area contributed by atoms with Gasteiger partial charge in [-0.15, -0.1) is 0 Å². The molecule has 1 N–H and O–H groups in total. The van der Waals surface area contributed by atoms with E-state index in [1.165, 1.54) is 6.08 Å². The van der Waals surface area contributed by atoms with Crippen LogP contribution in [-0.2, 0) is 14.3 Å². The molecule has 4 nitrogen and oxygen atoms in total. The molecule has 0 saturated carbocycles. The number of esters is 1. The summed E-state index contributed by atoms with van der Waals surface area (Å²) < 4.78 is 10.1. The summed E-state index contributed by atoms with van der Waals surface area (Å²) in [5, 5.41) is 3.10. The van der Waals surface area contributed by atoms with Gasteiger partial charge in [-0.1, -0.05) is 0 Å². The van der Waals surface area contributed by atoms with Crippen LogP contribution in [0.15, 0.2) is 11.8 Å². The van der Waals surface area contributed by atoms with Crippen LogP contribution in [0.5, 0.6) is 0 Å². The number of carbonyl (C=O) groups excluding carboxylic acids is 1. The molecule has 1 aliphatic heterocycles. The van der Waals surface area contributed by atoms with Gasteiger partial charge in [-0.25, -0.2) is 4.79 Å². The van der Waals surface area contributed by atoms with E-state index in [9.17, 15) is 4.79 Å². The van der Waals surface area contributed by atoms with Gasteiger partial charge in [0.1, 0.15) is 0 Å². The summed E-state index contributed by atoms with van der Waals surface area (Å²) in [7, 11) is 1.67.